The third kappa shape index (κ3) is 2.67. The first-order valence-corrected chi connectivity index (χ1v) is 5.56. The Bertz CT molecular complexity index is 294. The van der Waals surface area contributed by atoms with Crippen molar-refractivity contribution in [3.63, 3.8) is 0 Å². The number of carbonyl (C=O) groups excluding carboxylic acids is 1. The van der Waals surface area contributed by atoms with Crippen LogP contribution in [0.2, 0.25) is 0 Å². The van der Waals surface area contributed by atoms with Crippen LogP contribution in [0.1, 0.15) is 33.6 Å². The smallest absolute Gasteiger partial charge is 0.210 e. The third-order valence-electron chi connectivity index (χ3n) is 3.23. The minimum atomic E-state index is 0.293. The van der Waals surface area contributed by atoms with Crippen molar-refractivity contribution in [2.45, 2.75) is 33.6 Å². The summed E-state index contributed by atoms with van der Waals surface area (Å²) in [6, 6.07) is 0. The fourth-order valence-corrected chi connectivity index (χ4v) is 1.79. The highest BCUT2D eigenvalue weighted by Crippen LogP contribution is 2.21. The first kappa shape index (κ1) is 12.0. The molecule has 1 amide bonds. The highest BCUT2D eigenvalue weighted by molar-refractivity contribution is 6.00. The maximum Gasteiger partial charge on any atom is 0.210 e. The lowest BCUT2D eigenvalue weighted by Crippen LogP contribution is -2.33. The van der Waals surface area contributed by atoms with Crippen molar-refractivity contribution in [3.8, 4) is 0 Å². The molecule has 0 bridgehead atoms. The van der Waals surface area contributed by atoms with E-state index in [0.717, 1.165) is 31.4 Å². The number of hydrogen-bond acceptors (Lipinski definition) is 2. The molecule has 0 spiro atoms. The Morgan fingerprint density at radius 1 is 1.67 bits per heavy atom. The van der Waals surface area contributed by atoms with Gasteiger partial charge < -0.3 is 10.3 Å². The molecule has 0 radical (unpaired) electrons. The van der Waals surface area contributed by atoms with Gasteiger partial charge in [0.15, 0.2) is 0 Å². The predicted octanol–water partition coefficient (Wildman–Crippen LogP) is 2.23. The van der Waals surface area contributed by atoms with Crippen LogP contribution in [0, 0.1) is 11.3 Å². The van der Waals surface area contributed by atoms with Crippen molar-refractivity contribution in [1.82, 2.24) is 4.90 Å². The van der Waals surface area contributed by atoms with Gasteiger partial charge in [0.05, 0.1) is 0 Å². The average Bonchev–Trinajstić information content (AvgIpc) is 2.27. The highest BCUT2D eigenvalue weighted by Gasteiger charge is 2.20. The number of carbonyl (C=O) groups is 1. The van der Waals surface area contributed by atoms with Crippen LogP contribution in [0.3, 0.4) is 0 Å². The van der Waals surface area contributed by atoms with Crippen LogP contribution in [-0.4, -0.2) is 30.1 Å². The molecule has 3 heteroatoms. The van der Waals surface area contributed by atoms with Gasteiger partial charge in [-0.05, 0) is 31.3 Å². The molecule has 1 aliphatic heterocycles. The molecule has 1 heterocycles. The van der Waals surface area contributed by atoms with Crippen molar-refractivity contribution >= 4 is 12.1 Å². The zero-order valence-electron chi connectivity index (χ0n) is 9.84. The van der Waals surface area contributed by atoms with E-state index in [1.54, 1.807) is 4.90 Å². The summed E-state index contributed by atoms with van der Waals surface area (Å²) >= 11 is 0. The van der Waals surface area contributed by atoms with Gasteiger partial charge >= 0.3 is 0 Å². The molecule has 0 saturated heterocycles. The maximum absolute atomic E-state index is 10.7. The van der Waals surface area contributed by atoms with Gasteiger partial charge in [0.25, 0.3) is 0 Å². The summed E-state index contributed by atoms with van der Waals surface area (Å²) in [5.74, 6) is 0.293. The quantitative estimate of drug-likeness (QED) is 0.559. The summed E-state index contributed by atoms with van der Waals surface area (Å²) in [4.78, 5) is 12.5. The van der Waals surface area contributed by atoms with Gasteiger partial charge in [0.2, 0.25) is 6.41 Å². The van der Waals surface area contributed by atoms with Gasteiger partial charge in [-0.1, -0.05) is 19.4 Å². The monoisotopic (exact) mass is 208 g/mol. The predicted molar refractivity (Wildman–Crippen MR) is 62.1 cm³/mol. The van der Waals surface area contributed by atoms with Crippen molar-refractivity contribution in [2.24, 2.45) is 5.92 Å². The molecule has 0 fully saturated rings. The lowest BCUT2D eigenvalue weighted by atomic mass is 9.90. The summed E-state index contributed by atoms with van der Waals surface area (Å²) < 4.78 is 0. The van der Waals surface area contributed by atoms with Crippen LogP contribution in [0.5, 0.6) is 0 Å². The second-order valence-electron chi connectivity index (χ2n) is 4.31. The van der Waals surface area contributed by atoms with E-state index in [9.17, 15) is 4.79 Å². The number of rotatable bonds is 4. The molecule has 84 valence electrons. The molecule has 1 atom stereocenters. The number of nitrogens with one attached hydrogen (secondary N) is 1. The van der Waals surface area contributed by atoms with Gasteiger partial charge in [-0.2, -0.15) is 0 Å². The fourth-order valence-electron chi connectivity index (χ4n) is 1.79. The molecule has 1 rings (SSSR count). The summed E-state index contributed by atoms with van der Waals surface area (Å²) in [6.07, 6.45) is 2.78. The zero-order valence-corrected chi connectivity index (χ0v) is 9.84. The van der Waals surface area contributed by atoms with E-state index >= 15 is 0 Å². The normalized spacial score (nSPS) is 19.0. The molecule has 0 aliphatic carbocycles. The van der Waals surface area contributed by atoms with Gasteiger partial charge in [0, 0.05) is 18.8 Å². The molecule has 0 aromatic heterocycles. The van der Waals surface area contributed by atoms with Crippen molar-refractivity contribution in [1.29, 1.82) is 5.41 Å². The van der Waals surface area contributed by atoms with E-state index in [1.807, 2.05) is 0 Å². The summed E-state index contributed by atoms with van der Waals surface area (Å²) in [5, 5.41) is 8.08. The molecular weight excluding hydrogens is 188 g/mol. The van der Waals surface area contributed by atoms with Crippen LogP contribution in [0.25, 0.3) is 0 Å². The molecule has 3 nitrogen and oxygen atoms in total. The molecule has 0 saturated carbocycles. The van der Waals surface area contributed by atoms with Crippen molar-refractivity contribution in [2.75, 3.05) is 13.1 Å². The molecule has 0 aromatic carbocycles. The van der Waals surface area contributed by atoms with E-state index in [4.69, 9.17) is 5.41 Å². The molecule has 1 aliphatic rings. The summed E-state index contributed by atoms with van der Waals surface area (Å²) in [6.45, 7) is 7.66. The van der Waals surface area contributed by atoms with Crippen molar-refractivity contribution in [3.05, 3.63) is 11.1 Å². The summed E-state index contributed by atoms with van der Waals surface area (Å²) in [5.41, 5.74) is 3.06. The average molecular weight is 208 g/mol. The van der Waals surface area contributed by atoms with Crippen LogP contribution < -0.4 is 0 Å². The largest absolute Gasteiger partial charge is 0.341 e. The fraction of sp³-hybridized carbons (Fsp3) is 0.667. The Kier molecular flexibility index (Phi) is 4.06. The highest BCUT2D eigenvalue weighted by atomic mass is 16.1. The van der Waals surface area contributed by atoms with Gasteiger partial charge in [-0.15, -0.1) is 0 Å². The molecule has 1 unspecified atom stereocenters. The Morgan fingerprint density at radius 3 is 2.87 bits per heavy atom. The Balaban J connectivity index is 2.82. The van der Waals surface area contributed by atoms with E-state index < -0.39 is 0 Å². The van der Waals surface area contributed by atoms with Crippen molar-refractivity contribution < 1.29 is 4.79 Å². The molecule has 1 N–H and O–H groups in total. The Hall–Kier alpha value is -1.12. The lowest BCUT2D eigenvalue weighted by molar-refractivity contribution is -0.117. The maximum atomic E-state index is 10.7. The lowest BCUT2D eigenvalue weighted by Gasteiger charge is -2.28. The van der Waals surface area contributed by atoms with Gasteiger partial charge in [-0.25, -0.2) is 0 Å². The van der Waals surface area contributed by atoms with Gasteiger partial charge in [-0.3, -0.25) is 4.79 Å². The van der Waals surface area contributed by atoms with Crippen LogP contribution in [0.4, 0.5) is 0 Å². The second kappa shape index (κ2) is 5.10. The Morgan fingerprint density at radius 2 is 2.33 bits per heavy atom. The topological polar surface area (TPSA) is 44.2 Å². The first-order chi connectivity index (χ1) is 7.10. The molecular formula is C12H20N2O. The minimum Gasteiger partial charge on any atom is -0.341 e. The zero-order chi connectivity index (χ0) is 11.4. The summed E-state index contributed by atoms with van der Waals surface area (Å²) in [7, 11) is 0. The minimum absolute atomic E-state index is 0.293. The standard InChI is InChI=1S/C12H20N2O/c1-4-9(2)12(13)11-7-14(8-15)6-5-10(11)3/h8-9,13H,4-7H2,1-3H3. The van der Waals surface area contributed by atoms with Crippen LogP contribution in [0.15, 0.2) is 11.1 Å². The number of nitrogens with zero attached hydrogens (tertiary/aromatic N) is 1. The number of hydrogen-bond donors (Lipinski definition) is 1. The van der Waals surface area contributed by atoms with E-state index in [0.29, 0.717) is 18.2 Å². The van der Waals surface area contributed by atoms with Crippen LogP contribution in [-0.2, 0) is 4.79 Å². The third-order valence-corrected chi connectivity index (χ3v) is 3.23. The Labute approximate surface area is 91.7 Å². The van der Waals surface area contributed by atoms with E-state index in [2.05, 4.69) is 20.8 Å². The second-order valence-corrected chi connectivity index (χ2v) is 4.31. The molecule has 15 heavy (non-hydrogen) atoms. The van der Waals surface area contributed by atoms with E-state index in [1.165, 1.54) is 5.57 Å². The van der Waals surface area contributed by atoms with Gasteiger partial charge in [0.1, 0.15) is 0 Å². The first-order valence-electron chi connectivity index (χ1n) is 5.56. The SMILES string of the molecule is CCC(C)C(=N)C1=C(C)CCN(C=O)C1. The van der Waals surface area contributed by atoms with Crippen LogP contribution >= 0.6 is 0 Å². The van der Waals surface area contributed by atoms with E-state index in [-0.39, 0.29) is 0 Å². The molecule has 0 aromatic rings. The number of amides is 1.